The van der Waals surface area contributed by atoms with E-state index in [-0.39, 0.29) is 30.3 Å². The predicted octanol–water partition coefficient (Wildman–Crippen LogP) is 2.50. The highest BCUT2D eigenvalue weighted by Gasteiger charge is 2.51. The van der Waals surface area contributed by atoms with Crippen LogP contribution in [-0.2, 0) is 14.1 Å². The van der Waals surface area contributed by atoms with E-state index in [0.717, 1.165) is 16.6 Å². The molecule has 1 amide bonds. The third-order valence-electron chi connectivity index (χ3n) is 5.57. The van der Waals surface area contributed by atoms with Gasteiger partial charge in [0.05, 0.1) is 17.4 Å². The molecule has 0 radical (unpaired) electrons. The molecule has 27 heavy (non-hydrogen) atoms. The maximum atomic E-state index is 12.1. The molecule has 2 heterocycles. The molecule has 0 aliphatic carbocycles. The Morgan fingerprint density at radius 2 is 1.63 bits per heavy atom. The van der Waals surface area contributed by atoms with Gasteiger partial charge in [0.1, 0.15) is 6.04 Å². The molecule has 144 valence electrons. The van der Waals surface area contributed by atoms with Crippen LogP contribution in [0.3, 0.4) is 0 Å². The molecule has 1 unspecified atom stereocenters. The van der Waals surface area contributed by atoms with Gasteiger partial charge < -0.3 is 14.2 Å². The van der Waals surface area contributed by atoms with Crippen LogP contribution in [0.2, 0.25) is 0 Å². The number of carbonyl (C=O) groups is 1. The predicted molar refractivity (Wildman–Crippen MR) is 107 cm³/mol. The lowest BCUT2D eigenvalue weighted by Gasteiger charge is -2.32. The molecule has 0 spiro atoms. The Labute approximate surface area is 161 Å². The summed E-state index contributed by atoms with van der Waals surface area (Å²) in [6, 6.07) is 7.75. The first-order chi connectivity index (χ1) is 12.5. The van der Waals surface area contributed by atoms with Gasteiger partial charge in [-0.3, -0.25) is 9.48 Å². The Hall–Kier alpha value is -2.12. The van der Waals surface area contributed by atoms with Crippen LogP contribution in [0.15, 0.2) is 36.7 Å². The van der Waals surface area contributed by atoms with Crippen LogP contribution in [0, 0.1) is 0 Å². The second-order valence-electron chi connectivity index (χ2n) is 8.33. The highest BCUT2D eigenvalue weighted by molar-refractivity contribution is 6.62. The maximum absolute atomic E-state index is 12.1. The first kappa shape index (κ1) is 19.6. The van der Waals surface area contributed by atoms with Crippen molar-refractivity contribution in [2.45, 2.75) is 51.9 Å². The van der Waals surface area contributed by atoms with Crippen LogP contribution in [-0.4, -0.2) is 53.0 Å². The van der Waals surface area contributed by atoms with E-state index >= 15 is 0 Å². The Kier molecular flexibility index (Phi) is 4.95. The number of amides is 1. The largest absolute Gasteiger partial charge is 0.494 e. The monoisotopic (exact) mass is 369 g/mol. The van der Waals surface area contributed by atoms with Crippen LogP contribution >= 0.6 is 0 Å². The molecule has 1 atom stereocenters. The summed E-state index contributed by atoms with van der Waals surface area (Å²) in [6.45, 7) is 10.0. The van der Waals surface area contributed by atoms with E-state index in [0.29, 0.717) is 0 Å². The summed E-state index contributed by atoms with van der Waals surface area (Å²) in [4.78, 5) is 13.7. The van der Waals surface area contributed by atoms with Gasteiger partial charge in [0.2, 0.25) is 5.91 Å². The zero-order chi connectivity index (χ0) is 20.0. The van der Waals surface area contributed by atoms with Gasteiger partial charge in [-0.15, -0.1) is 0 Å². The van der Waals surface area contributed by atoms with Gasteiger partial charge in [0.25, 0.3) is 0 Å². The summed E-state index contributed by atoms with van der Waals surface area (Å²) in [5.41, 5.74) is 2.28. The second kappa shape index (κ2) is 6.80. The fourth-order valence-electron chi connectivity index (χ4n) is 3.00. The number of likely N-dealkylation sites (N-methyl/N-ethyl adjacent to an activating group) is 1. The van der Waals surface area contributed by atoms with Crippen molar-refractivity contribution < 1.29 is 14.1 Å². The summed E-state index contributed by atoms with van der Waals surface area (Å²) in [7, 11) is 3.12. The molecule has 0 saturated carbocycles. The molecule has 3 rings (SSSR count). The highest BCUT2D eigenvalue weighted by Crippen LogP contribution is 2.36. The summed E-state index contributed by atoms with van der Waals surface area (Å²) in [5.74, 6) is 0.0146. The van der Waals surface area contributed by atoms with Gasteiger partial charge in [-0.2, -0.15) is 5.10 Å². The Bertz CT molecular complexity index is 811. The van der Waals surface area contributed by atoms with Crippen LogP contribution in [0.4, 0.5) is 0 Å². The summed E-state index contributed by atoms with van der Waals surface area (Å²) >= 11 is 0. The standard InChI is InChI=1S/C20H28BN3O3/c1-14(18(25)23(6)7)24-13-16(12-22-24)15-8-10-17(11-9-15)21-26-19(2,3)20(4,5)27-21/h8-14H,1-7H3. The van der Waals surface area contributed by atoms with Crippen molar-refractivity contribution in [3.8, 4) is 11.1 Å². The Balaban J connectivity index is 1.76. The molecule has 7 heteroatoms. The van der Waals surface area contributed by atoms with E-state index in [4.69, 9.17) is 9.31 Å². The van der Waals surface area contributed by atoms with Gasteiger partial charge in [0.15, 0.2) is 0 Å². The van der Waals surface area contributed by atoms with Crippen molar-refractivity contribution in [3.05, 3.63) is 36.7 Å². The lowest BCUT2D eigenvalue weighted by Crippen LogP contribution is -2.41. The molecular formula is C20H28BN3O3. The molecule has 1 aliphatic heterocycles. The first-order valence-corrected chi connectivity index (χ1v) is 9.23. The summed E-state index contributed by atoms with van der Waals surface area (Å²) in [5, 5.41) is 4.35. The lowest BCUT2D eigenvalue weighted by atomic mass is 9.78. The van der Waals surface area contributed by atoms with E-state index < -0.39 is 0 Å². The minimum Gasteiger partial charge on any atom is -0.399 e. The van der Waals surface area contributed by atoms with Crippen molar-refractivity contribution in [2.75, 3.05) is 14.1 Å². The van der Waals surface area contributed by atoms with E-state index in [2.05, 4.69) is 5.10 Å². The summed E-state index contributed by atoms with van der Waals surface area (Å²) in [6.07, 6.45) is 3.68. The SMILES string of the molecule is CC(C(=O)N(C)C)n1cc(-c2ccc(B3OC(C)(C)C(C)(C)O3)cc2)cn1. The van der Waals surface area contributed by atoms with E-state index in [1.165, 1.54) is 0 Å². The number of nitrogens with zero attached hydrogens (tertiary/aromatic N) is 3. The lowest BCUT2D eigenvalue weighted by molar-refractivity contribution is -0.131. The smallest absolute Gasteiger partial charge is 0.399 e. The minimum atomic E-state index is -0.371. The van der Waals surface area contributed by atoms with Gasteiger partial charge >= 0.3 is 7.12 Å². The number of hydrogen-bond acceptors (Lipinski definition) is 4. The molecule has 6 nitrogen and oxygen atoms in total. The number of benzene rings is 1. The molecule has 1 aromatic heterocycles. The number of hydrogen-bond donors (Lipinski definition) is 0. The van der Waals surface area contributed by atoms with Gasteiger partial charge in [-0.05, 0) is 45.6 Å². The van der Waals surface area contributed by atoms with Crippen molar-refractivity contribution in [3.63, 3.8) is 0 Å². The van der Waals surface area contributed by atoms with Crippen LogP contribution in [0.1, 0.15) is 40.7 Å². The van der Waals surface area contributed by atoms with Crippen molar-refractivity contribution in [1.29, 1.82) is 0 Å². The third kappa shape index (κ3) is 3.66. The van der Waals surface area contributed by atoms with Crippen molar-refractivity contribution >= 4 is 18.5 Å². The van der Waals surface area contributed by atoms with Gasteiger partial charge in [-0.25, -0.2) is 0 Å². The minimum absolute atomic E-state index is 0.0146. The van der Waals surface area contributed by atoms with Gasteiger partial charge in [-0.1, -0.05) is 24.3 Å². The average molecular weight is 369 g/mol. The highest BCUT2D eigenvalue weighted by atomic mass is 16.7. The molecular weight excluding hydrogens is 341 g/mol. The molecule has 1 aromatic carbocycles. The fourth-order valence-corrected chi connectivity index (χ4v) is 3.00. The third-order valence-corrected chi connectivity index (χ3v) is 5.57. The van der Waals surface area contributed by atoms with Crippen LogP contribution in [0.5, 0.6) is 0 Å². The van der Waals surface area contributed by atoms with E-state index in [9.17, 15) is 4.79 Å². The topological polar surface area (TPSA) is 56.6 Å². The van der Waals surface area contributed by atoms with Crippen molar-refractivity contribution in [1.82, 2.24) is 14.7 Å². The second-order valence-corrected chi connectivity index (χ2v) is 8.33. The van der Waals surface area contributed by atoms with Crippen molar-refractivity contribution in [2.24, 2.45) is 0 Å². The maximum Gasteiger partial charge on any atom is 0.494 e. The Morgan fingerprint density at radius 1 is 1.07 bits per heavy atom. The Morgan fingerprint density at radius 3 is 2.15 bits per heavy atom. The normalized spacial score (nSPS) is 19.1. The fraction of sp³-hybridized carbons (Fsp3) is 0.500. The summed E-state index contributed by atoms with van der Waals surface area (Å²) < 4.78 is 13.9. The molecule has 1 fully saturated rings. The zero-order valence-electron chi connectivity index (χ0n) is 17.2. The first-order valence-electron chi connectivity index (χ1n) is 9.23. The van der Waals surface area contributed by atoms with Crippen LogP contribution in [0.25, 0.3) is 11.1 Å². The average Bonchev–Trinajstić information content (AvgIpc) is 3.16. The van der Waals surface area contributed by atoms with Gasteiger partial charge in [0, 0.05) is 25.9 Å². The van der Waals surface area contributed by atoms with E-state index in [1.54, 1.807) is 29.9 Å². The quantitative estimate of drug-likeness (QED) is 0.778. The molecule has 0 N–H and O–H groups in total. The number of rotatable bonds is 4. The van der Waals surface area contributed by atoms with Crippen LogP contribution < -0.4 is 5.46 Å². The zero-order valence-corrected chi connectivity index (χ0v) is 17.2. The molecule has 0 bridgehead atoms. The molecule has 2 aromatic rings. The molecule has 1 aliphatic rings. The number of carbonyl (C=O) groups excluding carboxylic acids is 1. The van der Waals surface area contributed by atoms with E-state index in [1.807, 2.05) is 65.1 Å². The molecule has 1 saturated heterocycles. The number of aromatic nitrogens is 2.